The van der Waals surface area contributed by atoms with Crippen molar-refractivity contribution in [3.8, 4) is 0 Å². The fourth-order valence-corrected chi connectivity index (χ4v) is 2.97. The van der Waals surface area contributed by atoms with Crippen LogP contribution in [0.3, 0.4) is 0 Å². The molecule has 1 unspecified atom stereocenters. The Labute approximate surface area is 128 Å². The number of hydrogen-bond acceptors (Lipinski definition) is 4. The van der Waals surface area contributed by atoms with Crippen molar-refractivity contribution in [1.29, 1.82) is 0 Å². The van der Waals surface area contributed by atoms with Gasteiger partial charge in [-0.1, -0.05) is 0 Å². The van der Waals surface area contributed by atoms with Crippen LogP contribution in [0.25, 0.3) is 0 Å². The molecule has 0 radical (unpaired) electrons. The standard InChI is InChI=1S/C16H30N2O3/c1-15(2,3)21-14(19)18-9-5-6-13(18)12-17-16(4)7-10-20-11-8-16/h13,17H,5-12H2,1-4H3. The van der Waals surface area contributed by atoms with Crippen LogP contribution < -0.4 is 5.32 Å². The average Bonchev–Trinajstić information content (AvgIpc) is 2.84. The van der Waals surface area contributed by atoms with E-state index < -0.39 is 5.60 Å². The molecule has 0 spiro atoms. The molecular weight excluding hydrogens is 268 g/mol. The number of amides is 1. The zero-order valence-electron chi connectivity index (χ0n) is 13.9. The van der Waals surface area contributed by atoms with E-state index in [1.54, 1.807) is 0 Å². The Morgan fingerprint density at radius 2 is 2.05 bits per heavy atom. The fourth-order valence-electron chi connectivity index (χ4n) is 2.97. The summed E-state index contributed by atoms with van der Waals surface area (Å²) in [6.07, 6.45) is 4.01. The van der Waals surface area contributed by atoms with Crippen LogP contribution in [0, 0.1) is 0 Å². The highest BCUT2D eigenvalue weighted by atomic mass is 16.6. The zero-order valence-corrected chi connectivity index (χ0v) is 13.9. The van der Waals surface area contributed by atoms with Crippen molar-refractivity contribution < 1.29 is 14.3 Å². The molecule has 2 fully saturated rings. The second kappa shape index (κ2) is 6.53. The van der Waals surface area contributed by atoms with Crippen LogP contribution in [0.4, 0.5) is 4.79 Å². The predicted octanol–water partition coefficient (Wildman–Crippen LogP) is 2.54. The van der Waals surface area contributed by atoms with Gasteiger partial charge in [0.25, 0.3) is 0 Å². The molecule has 0 saturated carbocycles. The predicted molar refractivity (Wildman–Crippen MR) is 82.4 cm³/mol. The van der Waals surface area contributed by atoms with Crippen LogP contribution in [0.2, 0.25) is 0 Å². The zero-order chi connectivity index (χ0) is 15.5. The number of ether oxygens (including phenoxy) is 2. The summed E-state index contributed by atoms with van der Waals surface area (Å²) >= 11 is 0. The molecule has 1 N–H and O–H groups in total. The molecule has 122 valence electrons. The highest BCUT2D eigenvalue weighted by Crippen LogP contribution is 2.23. The Hall–Kier alpha value is -0.810. The van der Waals surface area contributed by atoms with Gasteiger partial charge < -0.3 is 19.7 Å². The quantitative estimate of drug-likeness (QED) is 0.870. The molecule has 0 aromatic carbocycles. The lowest BCUT2D eigenvalue weighted by Gasteiger charge is -2.37. The van der Waals surface area contributed by atoms with Crippen molar-refractivity contribution >= 4 is 6.09 Å². The maximum absolute atomic E-state index is 12.3. The van der Waals surface area contributed by atoms with E-state index in [0.717, 1.165) is 52.0 Å². The summed E-state index contributed by atoms with van der Waals surface area (Å²) in [5.41, 5.74) is -0.287. The van der Waals surface area contributed by atoms with Crippen LogP contribution in [-0.2, 0) is 9.47 Å². The van der Waals surface area contributed by atoms with Gasteiger partial charge in [0, 0.05) is 37.9 Å². The third-order valence-corrected chi connectivity index (χ3v) is 4.37. The molecule has 1 amide bonds. The first-order valence-electron chi connectivity index (χ1n) is 8.11. The molecule has 0 aromatic rings. The number of hydrogen-bond donors (Lipinski definition) is 1. The van der Waals surface area contributed by atoms with E-state index >= 15 is 0 Å². The SMILES string of the molecule is CC1(NCC2CCCN2C(=O)OC(C)(C)C)CCOCC1. The monoisotopic (exact) mass is 298 g/mol. The summed E-state index contributed by atoms with van der Waals surface area (Å²) in [6, 6.07) is 0.250. The Morgan fingerprint density at radius 1 is 1.38 bits per heavy atom. The molecule has 2 saturated heterocycles. The van der Waals surface area contributed by atoms with Gasteiger partial charge in [-0.2, -0.15) is 0 Å². The molecule has 0 bridgehead atoms. The molecule has 2 aliphatic rings. The van der Waals surface area contributed by atoms with E-state index in [9.17, 15) is 4.79 Å². The summed E-state index contributed by atoms with van der Waals surface area (Å²) in [5.74, 6) is 0. The fraction of sp³-hybridized carbons (Fsp3) is 0.938. The molecule has 21 heavy (non-hydrogen) atoms. The summed E-state index contributed by atoms with van der Waals surface area (Å²) < 4.78 is 10.9. The van der Waals surface area contributed by atoms with Gasteiger partial charge in [0.1, 0.15) is 5.60 Å². The van der Waals surface area contributed by atoms with Crippen molar-refractivity contribution in [2.75, 3.05) is 26.3 Å². The van der Waals surface area contributed by atoms with Gasteiger partial charge in [0.15, 0.2) is 0 Å². The number of carbonyl (C=O) groups is 1. The first-order chi connectivity index (χ1) is 9.79. The molecule has 0 aliphatic carbocycles. The lowest BCUT2D eigenvalue weighted by Crippen LogP contribution is -2.52. The number of likely N-dealkylation sites (tertiary alicyclic amines) is 1. The van der Waals surface area contributed by atoms with E-state index in [4.69, 9.17) is 9.47 Å². The molecule has 2 rings (SSSR count). The largest absolute Gasteiger partial charge is 0.444 e. The maximum atomic E-state index is 12.3. The molecule has 2 aliphatic heterocycles. The molecule has 5 nitrogen and oxygen atoms in total. The van der Waals surface area contributed by atoms with Crippen molar-refractivity contribution in [1.82, 2.24) is 10.2 Å². The molecule has 5 heteroatoms. The summed E-state index contributed by atoms with van der Waals surface area (Å²) in [6.45, 7) is 11.3. The van der Waals surface area contributed by atoms with Gasteiger partial charge in [0.2, 0.25) is 0 Å². The first-order valence-corrected chi connectivity index (χ1v) is 8.11. The van der Waals surface area contributed by atoms with Gasteiger partial charge in [0.05, 0.1) is 0 Å². The highest BCUT2D eigenvalue weighted by molar-refractivity contribution is 5.69. The molecular formula is C16H30N2O3. The third kappa shape index (κ3) is 4.85. The Balaban J connectivity index is 1.85. The number of nitrogens with one attached hydrogen (secondary N) is 1. The average molecular weight is 298 g/mol. The van der Waals surface area contributed by atoms with Crippen molar-refractivity contribution in [2.45, 2.75) is 70.6 Å². The molecule has 2 heterocycles. The van der Waals surface area contributed by atoms with Crippen molar-refractivity contribution in [3.05, 3.63) is 0 Å². The van der Waals surface area contributed by atoms with Crippen LogP contribution >= 0.6 is 0 Å². The third-order valence-electron chi connectivity index (χ3n) is 4.37. The summed E-state index contributed by atoms with van der Waals surface area (Å²) in [5, 5.41) is 3.66. The van der Waals surface area contributed by atoms with Gasteiger partial charge in [-0.05, 0) is 53.4 Å². The Kier molecular flexibility index (Phi) is 5.15. The van der Waals surface area contributed by atoms with Crippen LogP contribution in [0.5, 0.6) is 0 Å². The van der Waals surface area contributed by atoms with Gasteiger partial charge in [-0.15, -0.1) is 0 Å². The summed E-state index contributed by atoms with van der Waals surface area (Å²) in [7, 11) is 0. The highest BCUT2D eigenvalue weighted by Gasteiger charge is 2.34. The first kappa shape index (κ1) is 16.6. The topological polar surface area (TPSA) is 50.8 Å². The van der Waals surface area contributed by atoms with Gasteiger partial charge >= 0.3 is 6.09 Å². The van der Waals surface area contributed by atoms with Gasteiger partial charge in [-0.25, -0.2) is 4.79 Å². The van der Waals surface area contributed by atoms with Crippen LogP contribution in [0.15, 0.2) is 0 Å². The summed E-state index contributed by atoms with van der Waals surface area (Å²) in [4.78, 5) is 14.1. The smallest absolute Gasteiger partial charge is 0.410 e. The number of nitrogens with zero attached hydrogens (tertiary/aromatic N) is 1. The lowest BCUT2D eigenvalue weighted by molar-refractivity contribution is 0.0189. The minimum Gasteiger partial charge on any atom is -0.444 e. The number of rotatable bonds is 3. The Bertz CT molecular complexity index is 359. The van der Waals surface area contributed by atoms with Gasteiger partial charge in [-0.3, -0.25) is 0 Å². The maximum Gasteiger partial charge on any atom is 0.410 e. The minimum atomic E-state index is -0.426. The van der Waals surface area contributed by atoms with E-state index in [1.165, 1.54) is 0 Å². The van der Waals surface area contributed by atoms with E-state index in [-0.39, 0.29) is 17.7 Å². The molecule has 1 atom stereocenters. The normalized spacial score (nSPS) is 25.9. The second-order valence-electron chi connectivity index (χ2n) is 7.52. The van der Waals surface area contributed by atoms with Crippen LogP contribution in [-0.4, -0.2) is 54.5 Å². The Morgan fingerprint density at radius 3 is 2.67 bits per heavy atom. The second-order valence-corrected chi connectivity index (χ2v) is 7.52. The van der Waals surface area contributed by atoms with Crippen molar-refractivity contribution in [2.24, 2.45) is 0 Å². The lowest BCUT2D eigenvalue weighted by atomic mass is 9.92. The van der Waals surface area contributed by atoms with Crippen molar-refractivity contribution in [3.63, 3.8) is 0 Å². The number of carbonyl (C=O) groups excluding carboxylic acids is 1. The van der Waals surface area contributed by atoms with E-state index in [0.29, 0.717) is 0 Å². The van der Waals surface area contributed by atoms with Crippen LogP contribution in [0.1, 0.15) is 53.4 Å². The minimum absolute atomic E-state index is 0.139. The van der Waals surface area contributed by atoms with E-state index in [1.807, 2.05) is 25.7 Å². The molecule has 0 aromatic heterocycles. The van der Waals surface area contributed by atoms with E-state index in [2.05, 4.69) is 12.2 Å².